The summed E-state index contributed by atoms with van der Waals surface area (Å²) in [6.07, 6.45) is 2.23. The van der Waals surface area contributed by atoms with Crippen molar-refractivity contribution in [2.24, 2.45) is 0 Å². The second-order valence-corrected chi connectivity index (χ2v) is 6.45. The van der Waals surface area contributed by atoms with Crippen molar-refractivity contribution in [1.82, 2.24) is 10.2 Å². The van der Waals surface area contributed by atoms with Crippen molar-refractivity contribution >= 4 is 28.9 Å². The van der Waals surface area contributed by atoms with Gasteiger partial charge in [0.25, 0.3) is 5.91 Å². The molecular formula is C20H22N2O4. The summed E-state index contributed by atoms with van der Waals surface area (Å²) in [6.45, 7) is 2.72. The molecule has 1 fully saturated rings. The third kappa shape index (κ3) is 4.02. The summed E-state index contributed by atoms with van der Waals surface area (Å²) in [6, 6.07) is 11.2. The average Bonchev–Trinajstić information content (AvgIpc) is 2.66. The first-order valence-electron chi connectivity index (χ1n) is 8.73. The maximum absolute atomic E-state index is 12.2. The predicted octanol–water partition coefficient (Wildman–Crippen LogP) is 2.16. The van der Waals surface area contributed by atoms with E-state index in [2.05, 4.69) is 5.32 Å². The number of piperidine rings is 1. The molecule has 6 nitrogen and oxygen atoms in total. The van der Waals surface area contributed by atoms with Gasteiger partial charge in [-0.25, -0.2) is 0 Å². The fourth-order valence-electron chi connectivity index (χ4n) is 3.27. The molecule has 3 rings (SSSR count). The number of hydrogen-bond donors (Lipinski definition) is 1. The van der Waals surface area contributed by atoms with E-state index in [1.165, 1.54) is 0 Å². The van der Waals surface area contributed by atoms with Gasteiger partial charge in [-0.05, 0) is 29.7 Å². The van der Waals surface area contributed by atoms with Crippen molar-refractivity contribution < 1.29 is 19.1 Å². The van der Waals surface area contributed by atoms with Gasteiger partial charge in [-0.15, -0.1) is 0 Å². The fraction of sp³-hybridized carbons (Fsp3) is 0.350. The van der Waals surface area contributed by atoms with E-state index in [0.717, 1.165) is 29.9 Å². The number of ether oxygens (including phenoxy) is 1. The summed E-state index contributed by atoms with van der Waals surface area (Å²) >= 11 is 0. The molecule has 0 unspecified atom stereocenters. The van der Waals surface area contributed by atoms with Crippen molar-refractivity contribution in [3.63, 3.8) is 0 Å². The minimum absolute atomic E-state index is 0.0452. The van der Waals surface area contributed by atoms with E-state index in [4.69, 9.17) is 4.74 Å². The molecule has 0 radical (unpaired) electrons. The molecule has 0 atom stereocenters. The number of hydrogen-bond acceptors (Lipinski definition) is 4. The lowest BCUT2D eigenvalue weighted by Crippen LogP contribution is -2.47. The Morgan fingerprint density at radius 1 is 1.19 bits per heavy atom. The van der Waals surface area contributed by atoms with Crippen molar-refractivity contribution in [3.8, 4) is 5.75 Å². The van der Waals surface area contributed by atoms with Crippen LogP contribution in [0.5, 0.6) is 5.75 Å². The van der Waals surface area contributed by atoms with Crippen molar-refractivity contribution in [2.75, 3.05) is 19.7 Å². The van der Waals surface area contributed by atoms with Gasteiger partial charge in [0.15, 0.2) is 12.9 Å². The van der Waals surface area contributed by atoms with E-state index in [9.17, 15) is 14.4 Å². The van der Waals surface area contributed by atoms with E-state index in [1.54, 1.807) is 17.9 Å². The first kappa shape index (κ1) is 17.9. The zero-order valence-corrected chi connectivity index (χ0v) is 14.7. The van der Waals surface area contributed by atoms with Gasteiger partial charge in [0.05, 0.1) is 5.56 Å². The molecule has 1 saturated heterocycles. The highest BCUT2D eigenvalue weighted by molar-refractivity contribution is 6.00. The third-order valence-electron chi connectivity index (χ3n) is 4.71. The third-order valence-corrected chi connectivity index (χ3v) is 4.71. The smallest absolute Gasteiger partial charge is 0.258 e. The Hall–Kier alpha value is -2.89. The van der Waals surface area contributed by atoms with Crippen LogP contribution in [0.1, 0.15) is 30.1 Å². The number of nitrogens with zero attached hydrogens (tertiary/aromatic N) is 1. The predicted molar refractivity (Wildman–Crippen MR) is 98.2 cm³/mol. The minimum atomic E-state index is -0.226. The van der Waals surface area contributed by atoms with Gasteiger partial charge in [-0.2, -0.15) is 0 Å². The number of amides is 2. The molecule has 136 valence electrons. The monoisotopic (exact) mass is 354 g/mol. The molecule has 1 N–H and O–H groups in total. The molecule has 26 heavy (non-hydrogen) atoms. The normalized spacial score (nSPS) is 14.9. The number of carbonyl (C=O) groups is 3. The Kier molecular flexibility index (Phi) is 5.51. The molecule has 0 saturated carbocycles. The molecule has 1 aliphatic rings. The first-order chi connectivity index (χ1) is 12.6. The topological polar surface area (TPSA) is 75.7 Å². The Balaban J connectivity index is 1.57. The summed E-state index contributed by atoms with van der Waals surface area (Å²) in [4.78, 5) is 36.7. The number of carbonyl (C=O) groups excluding carboxylic acids is 3. The molecule has 0 aliphatic carbocycles. The molecule has 6 heteroatoms. The summed E-state index contributed by atoms with van der Waals surface area (Å²) < 4.78 is 5.59. The van der Waals surface area contributed by atoms with E-state index >= 15 is 0 Å². The van der Waals surface area contributed by atoms with Crippen LogP contribution in [0, 0.1) is 0 Å². The average molecular weight is 354 g/mol. The van der Waals surface area contributed by atoms with Crippen LogP contribution < -0.4 is 10.1 Å². The summed E-state index contributed by atoms with van der Waals surface area (Å²) in [7, 11) is 0. The number of fused-ring (bicyclic) bond motifs is 1. The van der Waals surface area contributed by atoms with Gasteiger partial charge in [-0.1, -0.05) is 30.3 Å². The molecule has 0 aromatic heterocycles. The highest BCUT2D eigenvalue weighted by Crippen LogP contribution is 2.26. The molecule has 0 bridgehead atoms. The van der Waals surface area contributed by atoms with Gasteiger partial charge in [-0.3, -0.25) is 14.4 Å². The van der Waals surface area contributed by atoms with Crippen molar-refractivity contribution in [1.29, 1.82) is 0 Å². The van der Waals surface area contributed by atoms with Crippen LogP contribution in [-0.4, -0.2) is 48.7 Å². The first-order valence-corrected chi connectivity index (χ1v) is 8.73. The SMILES string of the molecule is CC(=O)N1CCC(NC(=O)COc2ccc3ccccc3c2C=O)CC1. The van der Waals surface area contributed by atoms with E-state index < -0.39 is 0 Å². The molecule has 2 aromatic rings. The number of benzene rings is 2. The minimum Gasteiger partial charge on any atom is -0.483 e. The van der Waals surface area contributed by atoms with E-state index in [-0.39, 0.29) is 24.5 Å². The second kappa shape index (κ2) is 7.99. The lowest BCUT2D eigenvalue weighted by Gasteiger charge is -2.31. The zero-order chi connectivity index (χ0) is 18.5. The van der Waals surface area contributed by atoms with Gasteiger partial charge in [0, 0.05) is 26.1 Å². The van der Waals surface area contributed by atoms with Crippen LogP contribution in [0.2, 0.25) is 0 Å². The van der Waals surface area contributed by atoms with Gasteiger partial charge in [0.1, 0.15) is 5.75 Å². The Labute approximate surface area is 152 Å². The van der Waals surface area contributed by atoms with Crippen LogP contribution in [0.25, 0.3) is 10.8 Å². The Morgan fingerprint density at radius 2 is 1.92 bits per heavy atom. The van der Waals surface area contributed by atoms with Crippen molar-refractivity contribution in [3.05, 3.63) is 42.0 Å². The summed E-state index contributed by atoms with van der Waals surface area (Å²) in [5.74, 6) is 0.243. The second-order valence-electron chi connectivity index (χ2n) is 6.45. The number of aldehydes is 1. The lowest BCUT2D eigenvalue weighted by molar-refractivity contribution is -0.130. The summed E-state index contributed by atoms with van der Waals surface area (Å²) in [5, 5.41) is 4.68. The maximum Gasteiger partial charge on any atom is 0.258 e. The standard InChI is InChI=1S/C20H22N2O4/c1-14(24)22-10-8-16(9-11-22)21-20(25)13-26-19-7-6-15-4-2-3-5-17(15)18(19)12-23/h2-7,12,16H,8-11,13H2,1H3,(H,21,25). The quantitative estimate of drug-likeness (QED) is 0.835. The molecule has 0 spiro atoms. The summed E-state index contributed by atoms with van der Waals surface area (Å²) in [5.41, 5.74) is 0.450. The van der Waals surface area contributed by atoms with Crippen LogP contribution in [0.15, 0.2) is 36.4 Å². The lowest BCUT2D eigenvalue weighted by atomic mass is 10.0. The zero-order valence-electron chi connectivity index (χ0n) is 14.7. The Morgan fingerprint density at radius 3 is 2.62 bits per heavy atom. The molecule has 1 aliphatic heterocycles. The largest absolute Gasteiger partial charge is 0.483 e. The van der Waals surface area contributed by atoms with Crippen LogP contribution >= 0.6 is 0 Å². The van der Waals surface area contributed by atoms with E-state index in [0.29, 0.717) is 24.4 Å². The van der Waals surface area contributed by atoms with E-state index in [1.807, 2.05) is 30.3 Å². The highest BCUT2D eigenvalue weighted by Gasteiger charge is 2.22. The maximum atomic E-state index is 12.2. The molecular weight excluding hydrogens is 332 g/mol. The molecule has 1 heterocycles. The van der Waals surface area contributed by atoms with Gasteiger partial charge < -0.3 is 15.0 Å². The van der Waals surface area contributed by atoms with Crippen LogP contribution in [0.3, 0.4) is 0 Å². The molecule has 2 aromatic carbocycles. The molecule has 2 amide bonds. The Bertz CT molecular complexity index is 826. The number of rotatable bonds is 5. The highest BCUT2D eigenvalue weighted by atomic mass is 16.5. The van der Waals surface area contributed by atoms with Crippen LogP contribution in [-0.2, 0) is 9.59 Å². The number of likely N-dealkylation sites (tertiary alicyclic amines) is 1. The van der Waals surface area contributed by atoms with Gasteiger partial charge >= 0.3 is 0 Å². The number of nitrogens with one attached hydrogen (secondary N) is 1. The van der Waals surface area contributed by atoms with Crippen LogP contribution in [0.4, 0.5) is 0 Å². The van der Waals surface area contributed by atoms with Gasteiger partial charge in [0.2, 0.25) is 5.91 Å². The van der Waals surface area contributed by atoms with Crippen molar-refractivity contribution in [2.45, 2.75) is 25.8 Å². The fourth-order valence-corrected chi connectivity index (χ4v) is 3.27.